The van der Waals surface area contributed by atoms with Gasteiger partial charge < -0.3 is 18.9 Å². The lowest BCUT2D eigenvalue weighted by atomic mass is 9.93. The van der Waals surface area contributed by atoms with Crippen molar-refractivity contribution in [2.45, 2.75) is 95.5 Å². The smallest absolute Gasteiger partial charge is 0.268 e. The molecule has 0 unspecified atom stereocenters. The first-order chi connectivity index (χ1) is 19.8. The summed E-state index contributed by atoms with van der Waals surface area (Å²) in [5, 5.41) is 0.204. The predicted octanol–water partition coefficient (Wildman–Crippen LogP) is 6.95. The Kier molecular flexibility index (Phi) is 11.4. The molecule has 1 aliphatic rings. The Morgan fingerprint density at radius 2 is 1.49 bits per heavy atom. The number of hydrogen-bond acceptors (Lipinski definition) is 6. The van der Waals surface area contributed by atoms with E-state index in [4.69, 9.17) is 18.9 Å². The fourth-order valence-electron chi connectivity index (χ4n) is 5.15. The van der Waals surface area contributed by atoms with Gasteiger partial charge in [0.2, 0.25) is 0 Å². The standard InChI is InChI=1S/C32H44FNO6S/c1-5-8-18-37-28-22-40-30(32(39-20-10-7-3)31(28)38-19-9-6-2)25-21-34(27-13-11-12-26(33)29(25)27)41(35,36)24-16-14-23(4)15-17-24/h11-17,21,28,30-32H,5-10,18-20,22H2,1-4H3/t28-,30+,31+,32+/m1/s1. The average molecular weight is 590 g/mol. The minimum absolute atomic E-state index is 0.126. The van der Waals surface area contributed by atoms with Gasteiger partial charge in [-0.05, 0) is 50.5 Å². The van der Waals surface area contributed by atoms with Crippen LogP contribution in [0.2, 0.25) is 0 Å². The molecule has 0 spiro atoms. The SMILES string of the molecule is CCCCO[C@@H]1[C@@H](OCCCC)[C@H](c2cn(S(=O)(=O)c3ccc(C)cc3)c3cccc(F)c23)OC[C@H]1OCCCC. The van der Waals surface area contributed by atoms with Crippen molar-refractivity contribution in [2.75, 3.05) is 26.4 Å². The topological polar surface area (TPSA) is 76.0 Å². The van der Waals surface area contributed by atoms with Crippen molar-refractivity contribution in [1.82, 2.24) is 3.97 Å². The number of aromatic nitrogens is 1. The molecule has 1 aromatic heterocycles. The lowest BCUT2D eigenvalue weighted by molar-refractivity contribution is -0.232. The van der Waals surface area contributed by atoms with E-state index in [0.29, 0.717) is 25.4 Å². The van der Waals surface area contributed by atoms with Crippen LogP contribution in [0.4, 0.5) is 4.39 Å². The first-order valence-electron chi connectivity index (χ1n) is 14.9. The van der Waals surface area contributed by atoms with Crippen LogP contribution in [0.3, 0.4) is 0 Å². The Bertz CT molecular complexity index is 1360. The summed E-state index contributed by atoms with van der Waals surface area (Å²) in [6, 6.07) is 11.1. The largest absolute Gasteiger partial charge is 0.373 e. The zero-order valence-electron chi connectivity index (χ0n) is 24.7. The van der Waals surface area contributed by atoms with Gasteiger partial charge in [-0.2, -0.15) is 0 Å². The van der Waals surface area contributed by atoms with Crippen molar-refractivity contribution in [3.63, 3.8) is 0 Å². The van der Waals surface area contributed by atoms with E-state index in [-0.39, 0.29) is 28.5 Å². The van der Waals surface area contributed by atoms with E-state index in [2.05, 4.69) is 20.8 Å². The number of unbranched alkanes of at least 4 members (excludes halogenated alkanes) is 3. The Morgan fingerprint density at radius 1 is 0.878 bits per heavy atom. The Labute approximate surface area is 244 Å². The van der Waals surface area contributed by atoms with E-state index in [1.54, 1.807) is 30.3 Å². The van der Waals surface area contributed by atoms with Gasteiger partial charge in [-0.1, -0.05) is 63.8 Å². The second-order valence-electron chi connectivity index (χ2n) is 10.7. The van der Waals surface area contributed by atoms with Crippen molar-refractivity contribution < 1.29 is 31.8 Å². The van der Waals surface area contributed by atoms with Gasteiger partial charge in [-0.15, -0.1) is 0 Å². The normalized spacial score (nSPS) is 21.5. The number of nitrogens with zero attached hydrogens (tertiary/aromatic N) is 1. The molecule has 4 atom stereocenters. The van der Waals surface area contributed by atoms with Crippen LogP contribution in [-0.2, 0) is 29.0 Å². The van der Waals surface area contributed by atoms with Crippen LogP contribution in [0.1, 0.15) is 76.5 Å². The van der Waals surface area contributed by atoms with Crippen LogP contribution in [0.5, 0.6) is 0 Å². The third-order valence-electron chi connectivity index (χ3n) is 7.53. The number of ether oxygens (including phenoxy) is 4. The van der Waals surface area contributed by atoms with Crippen molar-refractivity contribution >= 4 is 20.9 Å². The molecule has 7 nitrogen and oxygen atoms in total. The van der Waals surface area contributed by atoms with Crippen LogP contribution in [0.15, 0.2) is 53.6 Å². The first kappa shape index (κ1) is 31.6. The van der Waals surface area contributed by atoms with Gasteiger partial charge in [0.1, 0.15) is 30.2 Å². The molecule has 0 radical (unpaired) electrons. The van der Waals surface area contributed by atoms with Gasteiger partial charge in [0, 0.05) is 37.0 Å². The van der Waals surface area contributed by atoms with Gasteiger partial charge in [0.15, 0.2) is 0 Å². The van der Waals surface area contributed by atoms with E-state index in [1.807, 2.05) is 6.92 Å². The summed E-state index contributed by atoms with van der Waals surface area (Å²) in [5.74, 6) is -0.518. The maximum Gasteiger partial charge on any atom is 0.268 e. The summed E-state index contributed by atoms with van der Waals surface area (Å²) >= 11 is 0. The highest BCUT2D eigenvalue weighted by atomic mass is 32.2. The third-order valence-corrected chi connectivity index (χ3v) is 9.22. The van der Waals surface area contributed by atoms with Crippen LogP contribution in [0.25, 0.3) is 10.9 Å². The van der Waals surface area contributed by atoms with E-state index in [0.717, 1.165) is 48.1 Å². The fraction of sp³-hybridized carbons (Fsp3) is 0.562. The quantitative estimate of drug-likeness (QED) is 0.179. The van der Waals surface area contributed by atoms with Gasteiger partial charge in [-0.25, -0.2) is 16.8 Å². The third kappa shape index (κ3) is 7.20. The van der Waals surface area contributed by atoms with E-state index < -0.39 is 34.2 Å². The second kappa shape index (κ2) is 14.7. The number of hydrogen-bond donors (Lipinski definition) is 0. The van der Waals surface area contributed by atoms with Crippen molar-refractivity contribution in [1.29, 1.82) is 0 Å². The molecule has 9 heteroatoms. The molecule has 1 saturated heterocycles. The predicted molar refractivity (Wildman–Crippen MR) is 158 cm³/mol. The highest BCUT2D eigenvalue weighted by Gasteiger charge is 2.45. The van der Waals surface area contributed by atoms with Crippen molar-refractivity contribution in [2.24, 2.45) is 0 Å². The molecule has 0 bridgehead atoms. The highest BCUT2D eigenvalue weighted by molar-refractivity contribution is 7.90. The number of benzene rings is 2. The molecule has 226 valence electrons. The summed E-state index contributed by atoms with van der Waals surface area (Å²) in [6.45, 7) is 10.0. The van der Waals surface area contributed by atoms with Crippen LogP contribution in [-0.4, -0.2) is 57.1 Å². The summed E-state index contributed by atoms with van der Waals surface area (Å²) in [5.41, 5.74) is 1.62. The lowest BCUT2D eigenvalue weighted by Gasteiger charge is -2.42. The zero-order valence-corrected chi connectivity index (χ0v) is 25.5. The van der Waals surface area contributed by atoms with Crippen LogP contribution >= 0.6 is 0 Å². The molecule has 3 aromatic rings. The molecule has 2 heterocycles. The van der Waals surface area contributed by atoms with E-state index in [9.17, 15) is 8.42 Å². The number of fused-ring (bicyclic) bond motifs is 1. The molecule has 0 saturated carbocycles. The molecule has 0 amide bonds. The van der Waals surface area contributed by atoms with Gasteiger partial charge >= 0.3 is 0 Å². The summed E-state index contributed by atoms with van der Waals surface area (Å²) in [6.07, 6.45) is 4.88. The monoisotopic (exact) mass is 589 g/mol. The van der Waals surface area contributed by atoms with Crippen LogP contribution in [0, 0.1) is 12.7 Å². The lowest BCUT2D eigenvalue weighted by Crippen LogP contribution is -2.53. The summed E-state index contributed by atoms with van der Waals surface area (Å²) in [7, 11) is -4.01. The molecular formula is C32H44FNO6S. The molecule has 1 fully saturated rings. The summed E-state index contributed by atoms with van der Waals surface area (Å²) < 4.78 is 69.8. The van der Waals surface area contributed by atoms with E-state index in [1.165, 1.54) is 18.3 Å². The number of aryl methyl sites for hydroxylation is 1. The Balaban J connectivity index is 1.80. The molecular weight excluding hydrogens is 545 g/mol. The molecule has 1 aliphatic heterocycles. The fourth-order valence-corrected chi connectivity index (χ4v) is 6.52. The minimum atomic E-state index is -4.01. The molecule has 2 aromatic carbocycles. The van der Waals surface area contributed by atoms with Gasteiger partial charge in [-0.3, -0.25) is 0 Å². The molecule has 4 rings (SSSR count). The van der Waals surface area contributed by atoms with Crippen LogP contribution < -0.4 is 0 Å². The average Bonchev–Trinajstić information content (AvgIpc) is 3.36. The maximum atomic E-state index is 15.6. The van der Waals surface area contributed by atoms with E-state index >= 15 is 4.39 Å². The second-order valence-corrected chi connectivity index (χ2v) is 12.5. The van der Waals surface area contributed by atoms with Crippen molar-refractivity contribution in [3.8, 4) is 0 Å². The maximum absolute atomic E-state index is 15.6. The van der Waals surface area contributed by atoms with Gasteiger partial charge in [0.05, 0.1) is 17.0 Å². The van der Waals surface area contributed by atoms with Crippen molar-refractivity contribution in [3.05, 3.63) is 65.6 Å². The summed E-state index contributed by atoms with van der Waals surface area (Å²) in [4.78, 5) is 0.126. The minimum Gasteiger partial charge on any atom is -0.373 e. The van der Waals surface area contributed by atoms with Gasteiger partial charge in [0.25, 0.3) is 10.0 Å². The molecule has 41 heavy (non-hydrogen) atoms. The Hall–Kier alpha value is -2.30. The zero-order chi connectivity index (χ0) is 29.4. The highest BCUT2D eigenvalue weighted by Crippen LogP contribution is 2.40. The molecule has 0 N–H and O–H groups in total. The number of halogens is 1. The molecule has 0 aliphatic carbocycles. The number of rotatable bonds is 15. The Morgan fingerprint density at radius 3 is 2.12 bits per heavy atom. The first-order valence-corrected chi connectivity index (χ1v) is 16.4.